The second-order valence-corrected chi connectivity index (χ2v) is 16.1. The van der Waals surface area contributed by atoms with Crippen molar-refractivity contribution in [2.45, 2.75) is 72.3 Å². The molecule has 0 spiro atoms. The number of aromatic nitrogens is 2. The number of aryl methyl sites for hydroxylation is 3. The number of para-hydroxylation sites is 2. The van der Waals surface area contributed by atoms with Crippen LogP contribution in [0.2, 0.25) is 0 Å². The molecule has 1 atom stereocenters. The molecule has 58 heavy (non-hydrogen) atoms. The number of anilines is 4. The van der Waals surface area contributed by atoms with Gasteiger partial charge in [0.2, 0.25) is 11.0 Å². The normalized spacial score (nSPS) is 15.1. The highest BCUT2D eigenvalue weighted by Crippen LogP contribution is 2.38. The third-order valence-electron chi connectivity index (χ3n) is 11.8. The van der Waals surface area contributed by atoms with Crippen LogP contribution in [-0.4, -0.2) is 48.9 Å². The van der Waals surface area contributed by atoms with Crippen LogP contribution < -0.4 is 30.8 Å². The Balaban J connectivity index is 0.792. The van der Waals surface area contributed by atoms with Crippen LogP contribution in [-0.2, 0) is 0 Å². The van der Waals surface area contributed by atoms with E-state index in [0.717, 1.165) is 76.8 Å². The van der Waals surface area contributed by atoms with E-state index in [-0.39, 0.29) is 6.04 Å². The Labute approximate surface area is 343 Å². The predicted molar refractivity (Wildman–Crippen MR) is 247 cm³/mol. The van der Waals surface area contributed by atoms with Gasteiger partial charge in [0.05, 0.1) is 51.2 Å². The number of allylic oxidation sites excluding steroid dienone is 1. The summed E-state index contributed by atoms with van der Waals surface area (Å²) in [5.41, 5.74) is 17.8. The molecule has 0 radical (unpaired) electrons. The maximum atomic E-state index is 5.05. The van der Waals surface area contributed by atoms with Crippen LogP contribution in [0.25, 0.3) is 22.4 Å². The fourth-order valence-corrected chi connectivity index (χ4v) is 8.32. The molecule has 0 saturated heterocycles. The van der Waals surface area contributed by atoms with E-state index in [1.807, 2.05) is 0 Å². The van der Waals surface area contributed by atoms with E-state index in [9.17, 15) is 0 Å². The highest BCUT2D eigenvalue weighted by molar-refractivity contribution is 6.15. The molecular formula is C50H57N8+. The zero-order valence-corrected chi connectivity index (χ0v) is 34.9. The van der Waals surface area contributed by atoms with Crippen LogP contribution in [0.5, 0.6) is 0 Å². The number of rotatable bonds is 14. The minimum absolute atomic E-state index is 0.171. The van der Waals surface area contributed by atoms with E-state index >= 15 is 0 Å². The van der Waals surface area contributed by atoms with Gasteiger partial charge in [0.25, 0.3) is 0 Å². The Kier molecular flexibility index (Phi) is 11.4. The van der Waals surface area contributed by atoms with Crippen LogP contribution in [0.15, 0.2) is 125 Å². The summed E-state index contributed by atoms with van der Waals surface area (Å²) in [5, 5.41) is 12.3. The molecular weight excluding hydrogens is 713 g/mol. The largest absolute Gasteiger partial charge is 0.385 e. The minimum atomic E-state index is 0.171. The number of benzene rings is 5. The van der Waals surface area contributed by atoms with E-state index in [4.69, 9.17) is 9.98 Å². The summed E-state index contributed by atoms with van der Waals surface area (Å²) in [6.07, 6.45) is 11.8. The van der Waals surface area contributed by atoms with Crippen LogP contribution in [0.4, 0.5) is 34.1 Å². The van der Waals surface area contributed by atoms with Gasteiger partial charge >= 0.3 is 0 Å². The third-order valence-corrected chi connectivity index (χ3v) is 11.8. The molecule has 0 aromatic heterocycles. The van der Waals surface area contributed by atoms with Crippen molar-refractivity contribution in [1.29, 1.82) is 0 Å². The first-order valence-corrected chi connectivity index (χ1v) is 20.9. The fraction of sp³-hybridized carbons (Fsp3) is 0.300. The highest BCUT2D eigenvalue weighted by atomic mass is 15.1. The molecule has 0 fully saturated rings. The molecule has 8 rings (SSSR count). The van der Waals surface area contributed by atoms with Crippen LogP contribution in [0.3, 0.4) is 0 Å². The predicted octanol–water partition coefficient (Wildman–Crippen LogP) is 11.0. The smallest absolute Gasteiger partial charge is 0.210 e. The lowest BCUT2D eigenvalue weighted by molar-refractivity contribution is 0.610. The number of H-pyrrole nitrogens is 1. The maximum absolute atomic E-state index is 5.05. The number of aliphatic imine (C=N–C) groups is 1. The lowest BCUT2D eigenvalue weighted by Gasteiger charge is -2.33. The summed E-state index contributed by atoms with van der Waals surface area (Å²) in [4.78, 5) is 16.1. The quantitative estimate of drug-likeness (QED) is 0.0504. The molecule has 1 unspecified atom stereocenters. The van der Waals surface area contributed by atoms with Crippen molar-refractivity contribution in [3.8, 4) is 11.4 Å². The Morgan fingerprint density at radius 1 is 0.724 bits per heavy atom. The average molecular weight is 770 g/mol. The Bertz CT molecular complexity index is 2560. The van der Waals surface area contributed by atoms with Crippen molar-refractivity contribution in [2.24, 2.45) is 4.99 Å². The first kappa shape index (κ1) is 38.7. The molecule has 8 nitrogen and oxygen atoms in total. The monoisotopic (exact) mass is 769 g/mol. The molecule has 2 heterocycles. The Morgan fingerprint density at radius 2 is 1.38 bits per heavy atom. The van der Waals surface area contributed by atoms with Gasteiger partial charge in [-0.1, -0.05) is 62.1 Å². The van der Waals surface area contributed by atoms with Crippen molar-refractivity contribution in [1.82, 2.24) is 14.5 Å². The molecule has 0 amide bonds. The fourth-order valence-electron chi connectivity index (χ4n) is 8.32. The number of nitrogens with zero attached hydrogens (tertiary/aromatic N) is 4. The first-order valence-electron chi connectivity index (χ1n) is 20.9. The van der Waals surface area contributed by atoms with Crippen LogP contribution in [0, 0.1) is 20.8 Å². The van der Waals surface area contributed by atoms with Gasteiger partial charge in [0.15, 0.2) is 0 Å². The number of hydrogen-bond acceptors (Lipinski definition) is 6. The lowest BCUT2D eigenvalue weighted by atomic mass is 9.95. The number of nitrogens with one attached hydrogen (secondary N) is 4. The van der Waals surface area contributed by atoms with E-state index in [2.05, 4.69) is 181 Å². The summed E-state index contributed by atoms with van der Waals surface area (Å²) in [5.74, 6) is 0. The van der Waals surface area contributed by atoms with Crippen molar-refractivity contribution in [3.05, 3.63) is 143 Å². The van der Waals surface area contributed by atoms with Gasteiger partial charge in [0, 0.05) is 61.0 Å². The number of likely N-dealkylation sites (N-methyl/N-ethyl adjacent to an activating group) is 1. The molecule has 4 N–H and O–H groups in total. The topological polar surface area (TPSA) is 83.4 Å². The summed E-state index contributed by atoms with van der Waals surface area (Å²) in [6, 6.07) is 34.5. The van der Waals surface area contributed by atoms with Crippen molar-refractivity contribution < 1.29 is 0 Å². The molecule has 0 bridgehead atoms. The summed E-state index contributed by atoms with van der Waals surface area (Å²) >= 11 is 0. The van der Waals surface area contributed by atoms with Gasteiger partial charge in [-0.2, -0.15) is 4.58 Å². The molecule has 0 saturated carbocycles. The number of fused-ring (bicyclic) bond motifs is 4. The zero-order chi connectivity index (χ0) is 40.2. The maximum Gasteiger partial charge on any atom is 0.210 e. The highest BCUT2D eigenvalue weighted by Gasteiger charge is 2.26. The second kappa shape index (κ2) is 17.1. The zero-order valence-electron chi connectivity index (χ0n) is 34.9. The van der Waals surface area contributed by atoms with E-state index in [1.165, 1.54) is 70.4 Å². The molecule has 4 aromatic rings. The van der Waals surface area contributed by atoms with Crippen molar-refractivity contribution >= 4 is 50.9 Å². The van der Waals surface area contributed by atoms with Gasteiger partial charge in [-0.25, -0.2) is 9.98 Å². The van der Waals surface area contributed by atoms with Crippen molar-refractivity contribution in [2.75, 3.05) is 48.0 Å². The van der Waals surface area contributed by atoms with Gasteiger partial charge in [-0.15, -0.1) is 0 Å². The Hall–Kier alpha value is -6.15. The average Bonchev–Trinajstić information content (AvgIpc) is 3.23. The molecule has 4 aromatic carbocycles. The SMILES string of the molecule is CC1=CC2=Nc3cc(C)c(NCCCCCCCCNc4cc5[nH]c6c/c(=[N+](/C)c7ccccc7)c(C)cc-6nc5cc4C)cc3NC2=CC1N(C)c1ccccc1. The second-order valence-electron chi connectivity index (χ2n) is 16.1. The molecule has 2 aliphatic carbocycles. The number of aromatic amines is 1. The summed E-state index contributed by atoms with van der Waals surface area (Å²) < 4.78 is 2.24. The van der Waals surface area contributed by atoms with Gasteiger partial charge < -0.3 is 25.8 Å². The standard InChI is InChI=1S/C50H56N8/c1-33-25-41-45(55-47-31-49(35(3)27-43(47)53-41)57(5)37-19-13-11-14-20-37)29-39(33)51-23-17-9-7-8-10-18-24-52-40-30-46-42(26-34(40)2)54-44-28-36(4)50(32-48(44)56-46)58(6)38-21-15-12-16-22-38/h11-16,19-22,25-32,49,51,55H,7-10,17-18,23-24H2,1-6H3,(H,52,56)/p+1. The minimum Gasteiger partial charge on any atom is -0.385 e. The van der Waals surface area contributed by atoms with Crippen LogP contribution >= 0.6 is 0 Å². The lowest BCUT2D eigenvalue weighted by Crippen LogP contribution is -2.35. The van der Waals surface area contributed by atoms with E-state index in [0.29, 0.717) is 0 Å². The third kappa shape index (κ3) is 8.42. The van der Waals surface area contributed by atoms with Crippen LogP contribution in [0.1, 0.15) is 62.1 Å². The number of hydrogen-bond donors (Lipinski definition) is 4. The molecule has 8 heteroatoms. The number of unbranched alkanes of at least 4 members (excludes halogenated alkanes) is 5. The first-order chi connectivity index (χ1) is 28.2. The van der Waals surface area contributed by atoms with Gasteiger partial charge in [-0.3, -0.25) is 0 Å². The van der Waals surface area contributed by atoms with E-state index < -0.39 is 0 Å². The van der Waals surface area contributed by atoms with Gasteiger partial charge in [0.1, 0.15) is 7.05 Å². The van der Waals surface area contributed by atoms with Gasteiger partial charge in [-0.05, 0) is 112 Å². The summed E-state index contributed by atoms with van der Waals surface area (Å²) in [7, 11) is 4.28. The Morgan fingerprint density at radius 3 is 2.10 bits per heavy atom. The summed E-state index contributed by atoms with van der Waals surface area (Å²) in [6.45, 7) is 10.6. The molecule has 4 aliphatic rings. The van der Waals surface area contributed by atoms with E-state index in [1.54, 1.807) is 0 Å². The van der Waals surface area contributed by atoms with Crippen molar-refractivity contribution in [3.63, 3.8) is 0 Å². The molecule has 2 aliphatic heterocycles. The molecule has 296 valence electrons.